The molecule has 0 atom stereocenters. The molecule has 0 radical (unpaired) electrons. The molecule has 2 N–H and O–H groups in total. The molecule has 1 aromatic carbocycles. The van der Waals surface area contributed by atoms with Gasteiger partial charge in [-0.3, -0.25) is 4.99 Å². The Morgan fingerprint density at radius 1 is 1.33 bits per heavy atom. The predicted molar refractivity (Wildman–Crippen MR) is 76.5 cm³/mol. The highest BCUT2D eigenvalue weighted by molar-refractivity contribution is 5.79. The first-order valence-electron chi connectivity index (χ1n) is 6.49. The Morgan fingerprint density at radius 2 is 2.00 bits per heavy atom. The fourth-order valence-electron chi connectivity index (χ4n) is 1.75. The zero-order valence-electron chi connectivity index (χ0n) is 12.5. The summed E-state index contributed by atoms with van der Waals surface area (Å²) < 4.78 is 44.0. The number of guanidine groups is 1. The first-order chi connectivity index (χ1) is 9.77. The van der Waals surface area contributed by atoms with Crippen molar-refractivity contribution in [3.05, 3.63) is 29.3 Å². The fourth-order valence-corrected chi connectivity index (χ4v) is 1.75. The van der Waals surface area contributed by atoms with Gasteiger partial charge in [-0.25, -0.2) is 0 Å². The Bertz CT molecular complexity index is 499. The maximum atomic E-state index is 13.1. The van der Waals surface area contributed by atoms with E-state index in [2.05, 4.69) is 15.6 Å². The van der Waals surface area contributed by atoms with Crippen molar-refractivity contribution in [2.45, 2.75) is 32.6 Å². The maximum Gasteiger partial charge on any atom is 0.416 e. The zero-order chi connectivity index (χ0) is 16.0. The minimum absolute atomic E-state index is 0.0191. The molecule has 0 saturated heterocycles. The zero-order valence-corrected chi connectivity index (χ0v) is 12.5. The van der Waals surface area contributed by atoms with Crippen LogP contribution < -0.4 is 15.4 Å². The van der Waals surface area contributed by atoms with Gasteiger partial charge in [0.15, 0.2) is 5.96 Å². The minimum atomic E-state index is -4.43. The van der Waals surface area contributed by atoms with Gasteiger partial charge in [0, 0.05) is 19.6 Å². The number of alkyl halides is 3. The van der Waals surface area contributed by atoms with Gasteiger partial charge in [0.2, 0.25) is 0 Å². The number of halogens is 3. The van der Waals surface area contributed by atoms with Crippen LogP contribution in [0.5, 0.6) is 5.75 Å². The highest BCUT2D eigenvalue weighted by Crippen LogP contribution is 2.34. The van der Waals surface area contributed by atoms with Crippen LogP contribution in [0.3, 0.4) is 0 Å². The lowest BCUT2D eigenvalue weighted by molar-refractivity contribution is -0.138. The molecular formula is C14H20F3N3O. The number of ether oxygens (including phenoxy) is 1. The Balaban J connectivity index is 2.93. The van der Waals surface area contributed by atoms with E-state index in [4.69, 9.17) is 4.74 Å². The van der Waals surface area contributed by atoms with Gasteiger partial charge in [-0.05, 0) is 31.5 Å². The summed E-state index contributed by atoms with van der Waals surface area (Å²) in [5, 5.41) is 5.88. The second-order valence-electron chi connectivity index (χ2n) is 4.75. The van der Waals surface area contributed by atoms with Gasteiger partial charge < -0.3 is 15.4 Å². The van der Waals surface area contributed by atoms with Gasteiger partial charge >= 0.3 is 6.18 Å². The standard InChI is InChI=1S/C14H20F3N3O/c1-9(2)20-13(18-3)19-8-10-5-6-11(21-4)7-12(10)14(15,16)17/h5-7,9H,8H2,1-4H3,(H2,18,19,20). The molecule has 0 bridgehead atoms. The summed E-state index contributed by atoms with van der Waals surface area (Å²) in [6.07, 6.45) is -4.43. The first kappa shape index (κ1) is 17.1. The van der Waals surface area contributed by atoms with Crippen LogP contribution >= 0.6 is 0 Å². The molecule has 1 rings (SSSR count). The van der Waals surface area contributed by atoms with E-state index in [1.165, 1.54) is 19.2 Å². The quantitative estimate of drug-likeness (QED) is 0.664. The minimum Gasteiger partial charge on any atom is -0.497 e. The Morgan fingerprint density at radius 3 is 2.48 bits per heavy atom. The van der Waals surface area contributed by atoms with E-state index in [0.29, 0.717) is 5.96 Å². The first-order valence-corrected chi connectivity index (χ1v) is 6.49. The number of nitrogens with zero attached hydrogens (tertiary/aromatic N) is 1. The summed E-state index contributed by atoms with van der Waals surface area (Å²) in [4.78, 5) is 3.96. The van der Waals surface area contributed by atoms with Crippen LogP contribution in [0.25, 0.3) is 0 Å². The summed E-state index contributed by atoms with van der Waals surface area (Å²) in [6.45, 7) is 3.86. The van der Waals surface area contributed by atoms with E-state index in [9.17, 15) is 13.2 Å². The van der Waals surface area contributed by atoms with Gasteiger partial charge in [0.25, 0.3) is 0 Å². The molecule has 0 unspecified atom stereocenters. The Hall–Kier alpha value is -1.92. The Labute approximate surface area is 122 Å². The second-order valence-corrected chi connectivity index (χ2v) is 4.75. The number of hydrogen-bond donors (Lipinski definition) is 2. The maximum absolute atomic E-state index is 13.1. The van der Waals surface area contributed by atoms with Crippen molar-refractivity contribution in [2.24, 2.45) is 4.99 Å². The second kappa shape index (κ2) is 7.19. The third-order valence-electron chi connectivity index (χ3n) is 2.72. The Kier molecular flexibility index (Phi) is 5.87. The van der Waals surface area contributed by atoms with Crippen molar-refractivity contribution in [3.63, 3.8) is 0 Å². The number of benzene rings is 1. The van der Waals surface area contributed by atoms with Gasteiger partial charge in [-0.1, -0.05) is 6.07 Å². The van der Waals surface area contributed by atoms with Crippen LogP contribution in [0.15, 0.2) is 23.2 Å². The lowest BCUT2D eigenvalue weighted by atomic mass is 10.1. The van der Waals surface area contributed by atoms with E-state index in [1.54, 1.807) is 7.05 Å². The van der Waals surface area contributed by atoms with Crippen molar-refractivity contribution < 1.29 is 17.9 Å². The number of nitrogens with one attached hydrogen (secondary N) is 2. The van der Waals surface area contributed by atoms with E-state index in [1.807, 2.05) is 13.8 Å². The number of aliphatic imine (C=N–C) groups is 1. The number of rotatable bonds is 4. The smallest absolute Gasteiger partial charge is 0.416 e. The third-order valence-corrected chi connectivity index (χ3v) is 2.72. The SMILES string of the molecule is CN=C(NCc1ccc(OC)cc1C(F)(F)F)NC(C)C. The fraction of sp³-hybridized carbons (Fsp3) is 0.500. The van der Waals surface area contributed by atoms with E-state index in [-0.39, 0.29) is 23.9 Å². The monoisotopic (exact) mass is 303 g/mol. The molecule has 0 amide bonds. The lowest BCUT2D eigenvalue weighted by Gasteiger charge is -2.17. The summed E-state index contributed by atoms with van der Waals surface area (Å²) in [6, 6.07) is 4.03. The molecule has 0 aliphatic rings. The van der Waals surface area contributed by atoms with Gasteiger partial charge in [0.05, 0.1) is 12.7 Å². The molecule has 0 heterocycles. The van der Waals surface area contributed by atoms with Crippen LogP contribution in [0.1, 0.15) is 25.0 Å². The average Bonchev–Trinajstić information content (AvgIpc) is 2.41. The molecule has 118 valence electrons. The summed E-state index contributed by atoms with van der Waals surface area (Å²) in [7, 11) is 2.90. The van der Waals surface area contributed by atoms with E-state index >= 15 is 0 Å². The summed E-state index contributed by atoms with van der Waals surface area (Å²) in [5.74, 6) is 0.629. The topological polar surface area (TPSA) is 45.7 Å². The largest absolute Gasteiger partial charge is 0.497 e. The molecule has 0 aliphatic carbocycles. The molecule has 0 aliphatic heterocycles. The van der Waals surface area contributed by atoms with Gasteiger partial charge in [-0.15, -0.1) is 0 Å². The number of methoxy groups -OCH3 is 1. The highest BCUT2D eigenvalue weighted by Gasteiger charge is 2.33. The van der Waals surface area contributed by atoms with Crippen molar-refractivity contribution in [1.82, 2.24) is 10.6 Å². The van der Waals surface area contributed by atoms with Gasteiger partial charge in [-0.2, -0.15) is 13.2 Å². The normalized spacial score (nSPS) is 12.5. The average molecular weight is 303 g/mol. The molecule has 4 nitrogen and oxygen atoms in total. The molecule has 0 aromatic heterocycles. The van der Waals surface area contributed by atoms with E-state index < -0.39 is 11.7 Å². The molecule has 0 fully saturated rings. The van der Waals surface area contributed by atoms with Crippen LogP contribution in [0.2, 0.25) is 0 Å². The molecule has 1 aromatic rings. The third kappa shape index (κ3) is 5.17. The predicted octanol–water partition coefficient (Wildman–Crippen LogP) is 2.79. The van der Waals surface area contributed by atoms with Crippen LogP contribution in [-0.2, 0) is 12.7 Å². The molecule has 0 saturated carbocycles. The van der Waals surface area contributed by atoms with Crippen LogP contribution in [0.4, 0.5) is 13.2 Å². The van der Waals surface area contributed by atoms with Crippen molar-refractivity contribution in [3.8, 4) is 5.75 Å². The molecule has 21 heavy (non-hydrogen) atoms. The van der Waals surface area contributed by atoms with Crippen molar-refractivity contribution in [2.75, 3.05) is 14.2 Å². The summed E-state index contributed by atoms with van der Waals surface area (Å²) in [5.41, 5.74) is -0.579. The highest BCUT2D eigenvalue weighted by atomic mass is 19.4. The summed E-state index contributed by atoms with van der Waals surface area (Å²) >= 11 is 0. The number of hydrogen-bond acceptors (Lipinski definition) is 2. The lowest BCUT2D eigenvalue weighted by Crippen LogP contribution is -2.40. The molecule has 0 spiro atoms. The van der Waals surface area contributed by atoms with Crippen LogP contribution in [0, 0.1) is 0 Å². The van der Waals surface area contributed by atoms with Gasteiger partial charge in [0.1, 0.15) is 5.75 Å². The van der Waals surface area contributed by atoms with Crippen molar-refractivity contribution in [1.29, 1.82) is 0 Å². The molecular weight excluding hydrogens is 283 g/mol. The molecule has 7 heteroatoms. The van der Waals surface area contributed by atoms with Crippen LogP contribution in [-0.4, -0.2) is 26.2 Å². The van der Waals surface area contributed by atoms with E-state index in [0.717, 1.165) is 6.07 Å². The van der Waals surface area contributed by atoms with Crippen molar-refractivity contribution >= 4 is 5.96 Å².